The van der Waals surface area contributed by atoms with Gasteiger partial charge in [0.1, 0.15) is 18.0 Å². The van der Waals surface area contributed by atoms with E-state index < -0.39 is 0 Å². The molecule has 1 aromatic heterocycles. The SMILES string of the molecule is C/C(=C\C(=O)NCCn1cnnc1C)c1cccc(F)c1. The Hall–Kier alpha value is -2.50. The van der Waals surface area contributed by atoms with Gasteiger partial charge in [-0.05, 0) is 37.1 Å². The molecule has 0 aliphatic carbocycles. The molecule has 0 bridgehead atoms. The van der Waals surface area contributed by atoms with E-state index in [9.17, 15) is 9.18 Å². The third-order valence-electron chi connectivity index (χ3n) is 3.09. The number of nitrogens with zero attached hydrogens (tertiary/aromatic N) is 3. The average molecular weight is 288 g/mol. The second-order valence-corrected chi connectivity index (χ2v) is 4.70. The molecular weight excluding hydrogens is 271 g/mol. The molecule has 5 nitrogen and oxygen atoms in total. The van der Waals surface area contributed by atoms with E-state index in [0.29, 0.717) is 24.2 Å². The molecule has 110 valence electrons. The summed E-state index contributed by atoms with van der Waals surface area (Å²) in [5, 5.41) is 10.4. The molecule has 0 radical (unpaired) electrons. The monoisotopic (exact) mass is 288 g/mol. The van der Waals surface area contributed by atoms with Gasteiger partial charge in [-0.1, -0.05) is 12.1 Å². The fourth-order valence-corrected chi connectivity index (χ4v) is 1.90. The highest BCUT2D eigenvalue weighted by Gasteiger charge is 2.02. The molecule has 1 aromatic carbocycles. The van der Waals surface area contributed by atoms with E-state index >= 15 is 0 Å². The van der Waals surface area contributed by atoms with Gasteiger partial charge in [0.25, 0.3) is 0 Å². The zero-order chi connectivity index (χ0) is 15.2. The molecule has 21 heavy (non-hydrogen) atoms. The summed E-state index contributed by atoms with van der Waals surface area (Å²) in [5.74, 6) is 0.280. The number of nitrogens with one attached hydrogen (secondary N) is 1. The smallest absolute Gasteiger partial charge is 0.244 e. The molecule has 0 aliphatic rings. The van der Waals surface area contributed by atoms with Gasteiger partial charge in [-0.15, -0.1) is 10.2 Å². The second kappa shape index (κ2) is 6.78. The van der Waals surface area contributed by atoms with E-state index in [1.165, 1.54) is 18.2 Å². The molecule has 0 spiro atoms. The summed E-state index contributed by atoms with van der Waals surface area (Å²) in [6, 6.07) is 6.16. The van der Waals surface area contributed by atoms with E-state index in [2.05, 4.69) is 15.5 Å². The molecule has 2 aromatic rings. The average Bonchev–Trinajstić information content (AvgIpc) is 2.84. The third kappa shape index (κ3) is 4.24. The molecule has 0 atom stereocenters. The van der Waals surface area contributed by atoms with Crippen LogP contribution in [0, 0.1) is 12.7 Å². The van der Waals surface area contributed by atoms with Gasteiger partial charge in [-0.2, -0.15) is 0 Å². The van der Waals surface area contributed by atoms with Crippen LogP contribution in [0.2, 0.25) is 0 Å². The minimum Gasteiger partial charge on any atom is -0.351 e. The van der Waals surface area contributed by atoms with Gasteiger partial charge >= 0.3 is 0 Å². The number of allylic oxidation sites excluding steroid dienone is 1. The van der Waals surface area contributed by atoms with Crippen molar-refractivity contribution in [1.82, 2.24) is 20.1 Å². The fraction of sp³-hybridized carbons (Fsp3) is 0.267. The van der Waals surface area contributed by atoms with Crippen molar-refractivity contribution in [1.29, 1.82) is 0 Å². The van der Waals surface area contributed by atoms with Crippen molar-refractivity contribution >= 4 is 11.5 Å². The Kier molecular flexibility index (Phi) is 4.81. The number of amides is 1. The lowest BCUT2D eigenvalue weighted by molar-refractivity contribution is -0.116. The van der Waals surface area contributed by atoms with Crippen molar-refractivity contribution in [2.75, 3.05) is 6.54 Å². The van der Waals surface area contributed by atoms with Crippen LogP contribution in [0.1, 0.15) is 18.3 Å². The van der Waals surface area contributed by atoms with Crippen molar-refractivity contribution in [3.05, 3.63) is 53.9 Å². The maximum absolute atomic E-state index is 13.1. The number of benzene rings is 1. The molecule has 0 saturated heterocycles. The number of carbonyl (C=O) groups is 1. The number of hydrogen-bond donors (Lipinski definition) is 1. The van der Waals surface area contributed by atoms with Gasteiger partial charge in [-0.3, -0.25) is 4.79 Å². The Morgan fingerprint density at radius 2 is 2.29 bits per heavy atom. The Balaban J connectivity index is 1.89. The molecule has 1 amide bonds. The molecular formula is C15H17FN4O. The molecule has 1 heterocycles. The summed E-state index contributed by atoms with van der Waals surface area (Å²) in [7, 11) is 0. The zero-order valence-electron chi connectivity index (χ0n) is 12.0. The Labute approximate surface area is 122 Å². The first-order chi connectivity index (χ1) is 10.1. The standard InChI is InChI=1S/C15H17FN4O/c1-11(13-4-3-5-14(16)9-13)8-15(21)17-6-7-20-10-18-19-12(20)2/h3-5,8-10H,6-7H2,1-2H3,(H,17,21)/b11-8+. The van der Waals surface area contributed by atoms with Crippen LogP contribution in [0.5, 0.6) is 0 Å². The van der Waals surface area contributed by atoms with E-state index in [4.69, 9.17) is 0 Å². The van der Waals surface area contributed by atoms with Crippen molar-refractivity contribution in [2.45, 2.75) is 20.4 Å². The summed E-state index contributed by atoms with van der Waals surface area (Å²) < 4.78 is 15.0. The van der Waals surface area contributed by atoms with E-state index in [1.807, 2.05) is 11.5 Å². The number of halogens is 1. The minimum absolute atomic E-state index is 0.206. The largest absolute Gasteiger partial charge is 0.351 e. The third-order valence-corrected chi connectivity index (χ3v) is 3.09. The van der Waals surface area contributed by atoms with Crippen molar-refractivity contribution < 1.29 is 9.18 Å². The zero-order valence-corrected chi connectivity index (χ0v) is 12.0. The van der Waals surface area contributed by atoms with Crippen LogP contribution in [0.3, 0.4) is 0 Å². The summed E-state index contributed by atoms with van der Waals surface area (Å²) >= 11 is 0. The minimum atomic E-state index is -0.316. The van der Waals surface area contributed by atoms with Crippen LogP contribution in [0.25, 0.3) is 5.57 Å². The first kappa shape index (κ1) is 14.9. The van der Waals surface area contributed by atoms with Crippen molar-refractivity contribution in [3.63, 3.8) is 0 Å². The molecule has 0 unspecified atom stereocenters. The molecule has 6 heteroatoms. The lowest BCUT2D eigenvalue weighted by Gasteiger charge is -2.06. The predicted octanol–water partition coefficient (Wildman–Crippen LogP) is 1.95. The quantitative estimate of drug-likeness (QED) is 0.855. The number of aryl methyl sites for hydroxylation is 1. The summed E-state index contributed by atoms with van der Waals surface area (Å²) in [5.41, 5.74) is 1.41. The molecule has 2 rings (SSSR count). The Morgan fingerprint density at radius 1 is 1.48 bits per heavy atom. The number of carbonyl (C=O) groups excluding carboxylic acids is 1. The maximum Gasteiger partial charge on any atom is 0.244 e. The molecule has 1 N–H and O–H groups in total. The van der Waals surface area contributed by atoms with Crippen LogP contribution < -0.4 is 5.32 Å². The summed E-state index contributed by atoms with van der Waals surface area (Å²) in [4.78, 5) is 11.8. The van der Waals surface area contributed by atoms with Crippen LogP contribution >= 0.6 is 0 Å². The van der Waals surface area contributed by atoms with Crippen LogP contribution in [0.4, 0.5) is 4.39 Å². The Bertz CT molecular complexity index is 663. The lowest BCUT2D eigenvalue weighted by Crippen LogP contribution is -2.25. The van der Waals surface area contributed by atoms with Crippen molar-refractivity contribution in [3.8, 4) is 0 Å². The number of hydrogen-bond acceptors (Lipinski definition) is 3. The first-order valence-corrected chi connectivity index (χ1v) is 6.63. The van der Waals surface area contributed by atoms with Gasteiger partial charge in [0.05, 0.1) is 0 Å². The van der Waals surface area contributed by atoms with E-state index in [0.717, 1.165) is 5.82 Å². The van der Waals surface area contributed by atoms with Gasteiger partial charge in [-0.25, -0.2) is 4.39 Å². The molecule has 0 aliphatic heterocycles. The van der Waals surface area contributed by atoms with E-state index in [1.54, 1.807) is 25.4 Å². The van der Waals surface area contributed by atoms with Crippen molar-refractivity contribution in [2.24, 2.45) is 0 Å². The summed E-state index contributed by atoms with van der Waals surface area (Å²) in [6.07, 6.45) is 3.09. The number of rotatable bonds is 5. The number of aromatic nitrogens is 3. The van der Waals surface area contributed by atoms with Gasteiger partial charge in [0, 0.05) is 19.2 Å². The van der Waals surface area contributed by atoms with Gasteiger partial charge in [0.15, 0.2) is 0 Å². The van der Waals surface area contributed by atoms with E-state index in [-0.39, 0.29) is 11.7 Å². The van der Waals surface area contributed by atoms with Gasteiger partial charge < -0.3 is 9.88 Å². The lowest BCUT2D eigenvalue weighted by atomic mass is 10.1. The first-order valence-electron chi connectivity index (χ1n) is 6.63. The van der Waals surface area contributed by atoms with Crippen LogP contribution in [0.15, 0.2) is 36.7 Å². The fourth-order valence-electron chi connectivity index (χ4n) is 1.90. The highest BCUT2D eigenvalue weighted by atomic mass is 19.1. The van der Waals surface area contributed by atoms with Gasteiger partial charge in [0.2, 0.25) is 5.91 Å². The Morgan fingerprint density at radius 3 is 2.95 bits per heavy atom. The molecule has 0 saturated carbocycles. The summed E-state index contributed by atoms with van der Waals surface area (Å²) in [6.45, 7) is 4.71. The van der Waals surface area contributed by atoms with Crippen LogP contribution in [-0.4, -0.2) is 27.2 Å². The topological polar surface area (TPSA) is 59.8 Å². The predicted molar refractivity (Wildman–Crippen MR) is 77.8 cm³/mol. The van der Waals surface area contributed by atoms with Crippen LogP contribution in [-0.2, 0) is 11.3 Å². The normalized spacial score (nSPS) is 11.5. The maximum atomic E-state index is 13.1. The highest BCUT2D eigenvalue weighted by Crippen LogP contribution is 2.14. The highest BCUT2D eigenvalue weighted by molar-refractivity contribution is 5.94. The second-order valence-electron chi connectivity index (χ2n) is 4.70. The molecule has 0 fully saturated rings.